The summed E-state index contributed by atoms with van der Waals surface area (Å²) in [5, 5.41) is 23.5. The lowest BCUT2D eigenvalue weighted by molar-refractivity contribution is -0.385. The number of hydrogen-bond donors (Lipinski definition) is 2. The second kappa shape index (κ2) is 7.98. The Morgan fingerprint density at radius 1 is 1.20 bits per heavy atom. The van der Waals surface area contributed by atoms with E-state index >= 15 is 0 Å². The summed E-state index contributed by atoms with van der Waals surface area (Å²) in [6.07, 6.45) is 2.93. The molecule has 0 spiro atoms. The van der Waals surface area contributed by atoms with Crippen molar-refractivity contribution in [3.8, 4) is 5.75 Å². The summed E-state index contributed by atoms with van der Waals surface area (Å²) >= 11 is 0. The van der Waals surface area contributed by atoms with Gasteiger partial charge in [0.1, 0.15) is 12.4 Å². The zero-order valence-electron chi connectivity index (χ0n) is 13.9. The first-order chi connectivity index (χ1) is 12.2. The maximum absolute atomic E-state index is 11.2. The highest BCUT2D eigenvalue weighted by Gasteiger charge is 2.32. The smallest absolute Gasteiger partial charge is 0.272 e. The second-order valence-corrected chi connectivity index (χ2v) is 6.27. The van der Waals surface area contributed by atoms with Gasteiger partial charge in [-0.25, -0.2) is 0 Å². The third kappa shape index (κ3) is 4.70. The highest BCUT2D eigenvalue weighted by Crippen LogP contribution is 2.37. The van der Waals surface area contributed by atoms with Crippen molar-refractivity contribution >= 4 is 11.4 Å². The van der Waals surface area contributed by atoms with Crippen molar-refractivity contribution in [1.82, 2.24) is 0 Å². The maximum atomic E-state index is 11.2. The van der Waals surface area contributed by atoms with Gasteiger partial charge in [-0.05, 0) is 49.4 Å². The van der Waals surface area contributed by atoms with Crippen LogP contribution in [0.3, 0.4) is 0 Å². The lowest BCUT2D eigenvalue weighted by Crippen LogP contribution is -2.25. The number of hydrogen-bond acceptors (Lipinski definition) is 5. The van der Waals surface area contributed by atoms with Crippen molar-refractivity contribution in [2.24, 2.45) is 5.92 Å². The number of nitro groups is 1. The lowest BCUT2D eigenvalue weighted by atomic mass is 10.00. The number of nitrogens with zero attached hydrogens (tertiary/aromatic N) is 1. The van der Waals surface area contributed by atoms with E-state index in [-0.39, 0.29) is 29.9 Å². The summed E-state index contributed by atoms with van der Waals surface area (Å²) in [6, 6.07) is 14.7. The van der Waals surface area contributed by atoms with Crippen LogP contribution in [0, 0.1) is 16.0 Å². The molecule has 3 rings (SSSR count). The van der Waals surface area contributed by atoms with Crippen LogP contribution in [0.15, 0.2) is 48.5 Å². The Hall–Kier alpha value is -2.60. The predicted octanol–water partition coefficient (Wildman–Crippen LogP) is 3.40. The Morgan fingerprint density at radius 2 is 1.92 bits per heavy atom. The van der Waals surface area contributed by atoms with E-state index in [2.05, 4.69) is 5.32 Å². The third-order valence-electron chi connectivity index (χ3n) is 4.39. The summed E-state index contributed by atoms with van der Waals surface area (Å²) in [5.41, 5.74) is 1.91. The van der Waals surface area contributed by atoms with E-state index in [1.807, 2.05) is 36.4 Å². The van der Waals surface area contributed by atoms with Crippen LogP contribution in [0.5, 0.6) is 5.75 Å². The Bertz CT molecular complexity index is 714. The molecule has 1 saturated carbocycles. The minimum atomic E-state index is -0.313. The molecule has 1 aliphatic carbocycles. The molecule has 2 aromatic carbocycles. The first-order valence-electron chi connectivity index (χ1n) is 8.50. The van der Waals surface area contributed by atoms with Crippen LogP contribution in [-0.4, -0.2) is 29.3 Å². The molecule has 1 aliphatic rings. The van der Waals surface area contributed by atoms with Gasteiger partial charge in [-0.1, -0.05) is 18.2 Å². The van der Waals surface area contributed by atoms with Gasteiger partial charge in [-0.2, -0.15) is 0 Å². The number of benzene rings is 2. The molecule has 0 aliphatic heterocycles. The molecule has 1 fully saturated rings. The fourth-order valence-electron chi connectivity index (χ4n) is 2.96. The van der Waals surface area contributed by atoms with E-state index in [1.54, 1.807) is 12.1 Å². The lowest BCUT2D eigenvalue weighted by Gasteiger charge is -2.20. The van der Waals surface area contributed by atoms with Crippen LogP contribution < -0.4 is 10.1 Å². The van der Waals surface area contributed by atoms with Gasteiger partial charge in [-0.3, -0.25) is 10.1 Å². The number of para-hydroxylation sites is 1. The van der Waals surface area contributed by atoms with Gasteiger partial charge < -0.3 is 15.2 Å². The van der Waals surface area contributed by atoms with Gasteiger partial charge in [-0.15, -0.1) is 0 Å². The molecule has 0 bridgehead atoms. The van der Waals surface area contributed by atoms with E-state index in [1.165, 1.54) is 0 Å². The van der Waals surface area contributed by atoms with E-state index in [0.717, 1.165) is 24.1 Å². The molecule has 25 heavy (non-hydrogen) atoms. The fourth-order valence-corrected chi connectivity index (χ4v) is 2.96. The van der Waals surface area contributed by atoms with Crippen LogP contribution in [0.2, 0.25) is 0 Å². The first-order valence-corrected chi connectivity index (χ1v) is 8.50. The maximum Gasteiger partial charge on any atom is 0.272 e. The minimum Gasteiger partial charge on any atom is -0.491 e. The van der Waals surface area contributed by atoms with Crippen LogP contribution in [0.25, 0.3) is 0 Å². The van der Waals surface area contributed by atoms with Gasteiger partial charge in [0.15, 0.2) is 0 Å². The number of aliphatic hydroxyl groups excluding tert-OH is 1. The van der Waals surface area contributed by atoms with E-state index in [4.69, 9.17) is 9.84 Å². The molecule has 6 nitrogen and oxygen atoms in total. The standard InChI is InChI=1S/C19H22N2O4/c22-11-12-25-17-9-7-16(8-10-17)20-18(14-5-6-14)13-15-3-1-2-4-19(15)21(23)24/h1-4,7-10,14,18,20,22H,5-6,11-13H2. The van der Waals surface area contributed by atoms with Crippen LogP contribution in [0.4, 0.5) is 11.4 Å². The third-order valence-corrected chi connectivity index (χ3v) is 4.39. The molecule has 0 heterocycles. The summed E-state index contributed by atoms with van der Waals surface area (Å²) < 4.78 is 5.36. The van der Waals surface area contributed by atoms with E-state index in [9.17, 15) is 10.1 Å². The normalized spacial score (nSPS) is 14.8. The number of ether oxygens (including phenoxy) is 1. The zero-order chi connectivity index (χ0) is 17.6. The molecular weight excluding hydrogens is 320 g/mol. The molecule has 2 aromatic rings. The van der Waals surface area contributed by atoms with Crippen LogP contribution in [-0.2, 0) is 6.42 Å². The molecule has 0 aromatic heterocycles. The van der Waals surface area contributed by atoms with E-state index in [0.29, 0.717) is 18.1 Å². The average molecular weight is 342 g/mol. The molecule has 0 saturated heterocycles. The minimum absolute atomic E-state index is 0.0143. The monoisotopic (exact) mass is 342 g/mol. The van der Waals surface area contributed by atoms with Crippen molar-refractivity contribution in [3.05, 3.63) is 64.2 Å². The summed E-state index contributed by atoms with van der Waals surface area (Å²) in [5.74, 6) is 1.26. The fraction of sp³-hybridized carbons (Fsp3) is 0.368. The van der Waals surface area contributed by atoms with Gasteiger partial charge in [0.25, 0.3) is 5.69 Å². The topological polar surface area (TPSA) is 84.6 Å². The Labute approximate surface area is 146 Å². The molecule has 2 N–H and O–H groups in total. The number of anilines is 1. The highest BCUT2D eigenvalue weighted by molar-refractivity contribution is 5.48. The van der Waals surface area contributed by atoms with Crippen molar-refractivity contribution in [1.29, 1.82) is 0 Å². The molecule has 0 radical (unpaired) electrons. The number of nitro benzene ring substituents is 1. The summed E-state index contributed by atoms with van der Waals surface area (Å²) in [6.45, 7) is 0.259. The van der Waals surface area contributed by atoms with Gasteiger partial charge >= 0.3 is 0 Å². The van der Waals surface area contributed by atoms with Crippen molar-refractivity contribution in [2.45, 2.75) is 25.3 Å². The molecule has 132 valence electrons. The zero-order valence-corrected chi connectivity index (χ0v) is 13.9. The van der Waals surface area contributed by atoms with Gasteiger partial charge in [0.05, 0.1) is 11.5 Å². The summed E-state index contributed by atoms with van der Waals surface area (Å²) in [4.78, 5) is 10.9. The number of rotatable bonds is 9. The van der Waals surface area contributed by atoms with Gasteiger partial charge in [0.2, 0.25) is 0 Å². The number of nitrogens with one attached hydrogen (secondary N) is 1. The van der Waals surface area contributed by atoms with Crippen LogP contribution >= 0.6 is 0 Å². The second-order valence-electron chi connectivity index (χ2n) is 6.27. The van der Waals surface area contributed by atoms with Crippen LogP contribution in [0.1, 0.15) is 18.4 Å². The average Bonchev–Trinajstić information content (AvgIpc) is 3.46. The van der Waals surface area contributed by atoms with Crippen molar-refractivity contribution < 1.29 is 14.8 Å². The Morgan fingerprint density at radius 3 is 2.56 bits per heavy atom. The number of aliphatic hydroxyl groups is 1. The quantitative estimate of drug-likeness (QED) is 0.539. The van der Waals surface area contributed by atoms with Gasteiger partial charge in [0, 0.05) is 23.4 Å². The Balaban J connectivity index is 1.69. The molecule has 6 heteroatoms. The Kier molecular flexibility index (Phi) is 5.50. The first kappa shape index (κ1) is 17.2. The molecule has 1 unspecified atom stereocenters. The predicted molar refractivity (Wildman–Crippen MR) is 96.0 cm³/mol. The summed E-state index contributed by atoms with van der Waals surface area (Å²) in [7, 11) is 0. The van der Waals surface area contributed by atoms with Crippen molar-refractivity contribution in [2.75, 3.05) is 18.5 Å². The molecule has 1 atom stereocenters. The van der Waals surface area contributed by atoms with E-state index < -0.39 is 0 Å². The molecular formula is C19H22N2O4. The SMILES string of the molecule is O=[N+]([O-])c1ccccc1CC(Nc1ccc(OCCO)cc1)C1CC1. The largest absolute Gasteiger partial charge is 0.491 e. The molecule has 0 amide bonds. The highest BCUT2D eigenvalue weighted by atomic mass is 16.6. The van der Waals surface area contributed by atoms with Crippen molar-refractivity contribution in [3.63, 3.8) is 0 Å².